The summed E-state index contributed by atoms with van der Waals surface area (Å²) >= 11 is 2.08. The molecule has 2 unspecified atom stereocenters. The summed E-state index contributed by atoms with van der Waals surface area (Å²) in [6.45, 7) is 3.24. The Hall–Kier alpha value is -0.220. The monoisotopic (exact) mass is 271 g/mol. The van der Waals surface area contributed by atoms with Crippen molar-refractivity contribution < 1.29 is 9.53 Å². The Morgan fingerprint density at radius 2 is 2.22 bits per heavy atom. The van der Waals surface area contributed by atoms with Crippen molar-refractivity contribution in [2.24, 2.45) is 5.41 Å². The number of ether oxygens (including phenoxy) is 1. The molecule has 0 aromatic heterocycles. The van der Waals surface area contributed by atoms with Gasteiger partial charge in [-0.25, -0.2) is 0 Å². The van der Waals surface area contributed by atoms with Crippen LogP contribution >= 0.6 is 11.8 Å². The molecule has 18 heavy (non-hydrogen) atoms. The average Bonchev–Trinajstić information content (AvgIpc) is 2.98. The SMILES string of the molecule is CCNC1CCCC1SCC1(CC(=O)OC)CC1. The molecule has 3 nitrogen and oxygen atoms in total. The second-order valence-corrected chi connectivity index (χ2v) is 6.92. The van der Waals surface area contributed by atoms with Crippen molar-refractivity contribution in [3.8, 4) is 0 Å². The third kappa shape index (κ3) is 3.64. The molecule has 104 valence electrons. The van der Waals surface area contributed by atoms with Gasteiger partial charge in [0, 0.05) is 11.3 Å². The Bertz CT molecular complexity index is 292. The summed E-state index contributed by atoms with van der Waals surface area (Å²) in [5.74, 6) is 1.09. The molecule has 0 aromatic rings. The number of rotatable bonds is 7. The maximum Gasteiger partial charge on any atom is 0.306 e. The van der Waals surface area contributed by atoms with Gasteiger partial charge in [-0.05, 0) is 43.4 Å². The molecule has 2 saturated carbocycles. The van der Waals surface area contributed by atoms with E-state index in [-0.39, 0.29) is 11.4 Å². The Balaban J connectivity index is 1.75. The van der Waals surface area contributed by atoms with Gasteiger partial charge in [0.25, 0.3) is 0 Å². The number of carbonyl (C=O) groups is 1. The number of esters is 1. The highest BCUT2D eigenvalue weighted by Crippen LogP contribution is 2.52. The van der Waals surface area contributed by atoms with E-state index in [1.165, 1.54) is 39.2 Å². The van der Waals surface area contributed by atoms with Crippen LogP contribution in [0.5, 0.6) is 0 Å². The quantitative estimate of drug-likeness (QED) is 0.722. The van der Waals surface area contributed by atoms with E-state index in [4.69, 9.17) is 4.74 Å². The maximum atomic E-state index is 11.4. The summed E-state index contributed by atoms with van der Waals surface area (Å²) in [5, 5.41) is 4.34. The highest BCUT2D eigenvalue weighted by Gasteiger charge is 2.45. The zero-order valence-electron chi connectivity index (χ0n) is 11.5. The first-order valence-corrected chi connectivity index (χ1v) is 8.16. The minimum atomic E-state index is -0.0391. The standard InChI is InChI=1S/C14H25NO2S/c1-3-15-11-5-4-6-12(11)18-10-14(7-8-14)9-13(16)17-2/h11-12,15H,3-10H2,1-2H3. The highest BCUT2D eigenvalue weighted by atomic mass is 32.2. The molecule has 0 heterocycles. The van der Waals surface area contributed by atoms with Crippen LogP contribution in [0.25, 0.3) is 0 Å². The van der Waals surface area contributed by atoms with E-state index in [1.54, 1.807) is 0 Å². The molecule has 0 aliphatic heterocycles. The van der Waals surface area contributed by atoms with Crippen LogP contribution in [0, 0.1) is 5.41 Å². The van der Waals surface area contributed by atoms with E-state index in [2.05, 4.69) is 24.0 Å². The molecule has 0 spiro atoms. The van der Waals surface area contributed by atoms with Gasteiger partial charge in [-0.3, -0.25) is 4.79 Å². The molecule has 1 N–H and O–H groups in total. The summed E-state index contributed by atoms with van der Waals surface area (Å²) in [7, 11) is 1.49. The number of nitrogens with one attached hydrogen (secondary N) is 1. The highest BCUT2D eigenvalue weighted by molar-refractivity contribution is 8.00. The normalized spacial score (nSPS) is 29.2. The van der Waals surface area contributed by atoms with Gasteiger partial charge in [-0.15, -0.1) is 0 Å². The lowest BCUT2D eigenvalue weighted by Gasteiger charge is -2.22. The van der Waals surface area contributed by atoms with Crippen LogP contribution in [0.4, 0.5) is 0 Å². The summed E-state index contributed by atoms with van der Waals surface area (Å²) in [6.07, 6.45) is 7.02. The van der Waals surface area contributed by atoms with Crippen LogP contribution in [-0.4, -0.2) is 36.7 Å². The van der Waals surface area contributed by atoms with Gasteiger partial charge in [0.2, 0.25) is 0 Å². The van der Waals surface area contributed by atoms with Crippen molar-refractivity contribution in [3.63, 3.8) is 0 Å². The first-order valence-electron chi connectivity index (χ1n) is 7.11. The Kier molecular flexibility index (Phi) is 4.96. The molecular formula is C14H25NO2S. The van der Waals surface area contributed by atoms with Crippen LogP contribution in [0.15, 0.2) is 0 Å². The number of hydrogen-bond donors (Lipinski definition) is 1. The van der Waals surface area contributed by atoms with Gasteiger partial charge in [0.05, 0.1) is 13.5 Å². The second-order valence-electron chi connectivity index (χ2n) is 5.70. The van der Waals surface area contributed by atoms with Crippen molar-refractivity contribution in [2.45, 2.75) is 56.7 Å². The minimum absolute atomic E-state index is 0.0391. The van der Waals surface area contributed by atoms with Crippen LogP contribution < -0.4 is 5.32 Å². The Morgan fingerprint density at radius 1 is 1.44 bits per heavy atom. The minimum Gasteiger partial charge on any atom is -0.469 e. The molecule has 0 aromatic carbocycles. The lowest BCUT2D eigenvalue weighted by molar-refractivity contribution is -0.141. The molecule has 2 fully saturated rings. The van der Waals surface area contributed by atoms with Crippen molar-refractivity contribution in [1.29, 1.82) is 0 Å². The average molecular weight is 271 g/mol. The van der Waals surface area contributed by atoms with Gasteiger partial charge < -0.3 is 10.1 Å². The van der Waals surface area contributed by atoms with E-state index in [0.29, 0.717) is 12.5 Å². The van der Waals surface area contributed by atoms with Crippen LogP contribution in [-0.2, 0) is 9.53 Å². The van der Waals surface area contributed by atoms with Crippen molar-refractivity contribution >= 4 is 17.7 Å². The summed E-state index contributed by atoms with van der Waals surface area (Å²) in [5.41, 5.74) is 0.275. The van der Waals surface area contributed by atoms with Gasteiger partial charge in [0.1, 0.15) is 0 Å². The molecule has 0 bridgehead atoms. The van der Waals surface area contributed by atoms with Gasteiger partial charge >= 0.3 is 5.97 Å². The maximum absolute atomic E-state index is 11.4. The topological polar surface area (TPSA) is 38.3 Å². The lowest BCUT2D eigenvalue weighted by Crippen LogP contribution is -2.34. The first-order chi connectivity index (χ1) is 8.69. The molecule has 2 atom stereocenters. The van der Waals surface area contributed by atoms with Crippen molar-refractivity contribution in [3.05, 3.63) is 0 Å². The summed E-state index contributed by atoms with van der Waals surface area (Å²) < 4.78 is 4.80. The van der Waals surface area contributed by atoms with Crippen LogP contribution in [0.2, 0.25) is 0 Å². The predicted molar refractivity (Wildman–Crippen MR) is 75.9 cm³/mol. The molecule has 4 heteroatoms. The third-order valence-electron chi connectivity index (χ3n) is 4.23. The lowest BCUT2D eigenvalue weighted by atomic mass is 10.1. The molecule has 2 aliphatic rings. The van der Waals surface area contributed by atoms with Crippen molar-refractivity contribution in [1.82, 2.24) is 5.32 Å². The zero-order valence-corrected chi connectivity index (χ0v) is 12.4. The third-order valence-corrected chi connectivity index (χ3v) is 6.00. The zero-order chi connectivity index (χ0) is 13.0. The van der Waals surface area contributed by atoms with E-state index in [9.17, 15) is 4.79 Å². The fourth-order valence-electron chi connectivity index (χ4n) is 2.83. The van der Waals surface area contributed by atoms with Crippen LogP contribution in [0.1, 0.15) is 45.4 Å². The molecule has 0 saturated heterocycles. The fourth-order valence-corrected chi connectivity index (χ4v) is 4.59. The van der Waals surface area contributed by atoms with E-state index < -0.39 is 0 Å². The molecule has 0 radical (unpaired) electrons. The first kappa shape index (κ1) is 14.2. The molecule has 2 aliphatic carbocycles. The number of methoxy groups -OCH3 is 1. The molecular weight excluding hydrogens is 246 g/mol. The van der Waals surface area contributed by atoms with Gasteiger partial charge in [-0.2, -0.15) is 11.8 Å². The Morgan fingerprint density at radius 3 is 2.83 bits per heavy atom. The summed E-state index contributed by atoms with van der Waals surface area (Å²) in [4.78, 5) is 11.4. The van der Waals surface area contributed by atoms with Crippen molar-refractivity contribution in [2.75, 3.05) is 19.4 Å². The number of thioether (sulfide) groups is 1. The predicted octanol–water partition coefficient (Wildman–Crippen LogP) is 2.59. The number of hydrogen-bond acceptors (Lipinski definition) is 4. The smallest absolute Gasteiger partial charge is 0.306 e. The molecule has 0 amide bonds. The number of carbonyl (C=O) groups excluding carboxylic acids is 1. The van der Waals surface area contributed by atoms with E-state index >= 15 is 0 Å². The van der Waals surface area contributed by atoms with Gasteiger partial charge in [0.15, 0.2) is 0 Å². The summed E-state index contributed by atoms with van der Waals surface area (Å²) in [6, 6.07) is 0.689. The van der Waals surface area contributed by atoms with Gasteiger partial charge in [-0.1, -0.05) is 13.3 Å². The second kappa shape index (κ2) is 6.29. The largest absolute Gasteiger partial charge is 0.469 e. The Labute approximate surface area is 114 Å². The van der Waals surface area contributed by atoms with E-state index in [0.717, 1.165) is 17.5 Å². The van der Waals surface area contributed by atoms with E-state index in [1.807, 2.05) is 0 Å². The van der Waals surface area contributed by atoms with Crippen LogP contribution in [0.3, 0.4) is 0 Å². The fraction of sp³-hybridized carbons (Fsp3) is 0.929. The molecule has 2 rings (SSSR count).